The highest BCUT2D eigenvalue weighted by molar-refractivity contribution is 9.10. The monoisotopic (exact) mass is 326 g/mol. The summed E-state index contributed by atoms with van der Waals surface area (Å²) in [5.41, 5.74) is 1.29. The fourth-order valence-electron chi connectivity index (χ4n) is 2.48. The third-order valence-corrected chi connectivity index (χ3v) is 3.99. The molecule has 1 aliphatic heterocycles. The number of anilines is 1. The minimum atomic E-state index is -0.0249. The molecule has 7 heteroatoms. The van der Waals surface area contributed by atoms with Crippen LogP contribution in [-0.4, -0.2) is 40.6 Å². The van der Waals surface area contributed by atoms with E-state index >= 15 is 0 Å². The van der Waals surface area contributed by atoms with Gasteiger partial charge in [0.15, 0.2) is 4.60 Å². The maximum absolute atomic E-state index is 12.2. The summed E-state index contributed by atoms with van der Waals surface area (Å²) in [5, 5.41) is 4.22. The number of hydrogen-bond donors (Lipinski definition) is 1. The number of nitrogens with zero attached hydrogens (tertiary/aromatic N) is 3. The highest BCUT2D eigenvalue weighted by Gasteiger charge is 2.21. The summed E-state index contributed by atoms with van der Waals surface area (Å²) >= 11 is 3.38. The molecule has 3 heterocycles. The first-order valence-corrected chi connectivity index (χ1v) is 6.97. The molecule has 1 aliphatic rings. The molecular weight excluding hydrogens is 312 g/mol. The zero-order chi connectivity index (χ0) is 13.6. The fourth-order valence-corrected chi connectivity index (χ4v) is 3.01. The van der Waals surface area contributed by atoms with E-state index in [1.54, 1.807) is 17.8 Å². The Labute approximate surface area is 118 Å². The van der Waals surface area contributed by atoms with E-state index in [-0.39, 0.29) is 11.5 Å². The Morgan fingerprint density at radius 2 is 2.37 bits per heavy atom. The first-order valence-electron chi connectivity index (χ1n) is 6.18. The van der Waals surface area contributed by atoms with Gasteiger partial charge in [-0.15, -0.1) is 0 Å². The second-order valence-corrected chi connectivity index (χ2v) is 5.53. The molecule has 1 N–H and O–H groups in total. The number of aromatic nitrogens is 3. The van der Waals surface area contributed by atoms with Gasteiger partial charge in [-0.3, -0.25) is 9.48 Å². The summed E-state index contributed by atoms with van der Waals surface area (Å²) < 4.78 is 7.66. The van der Waals surface area contributed by atoms with E-state index in [0.29, 0.717) is 23.3 Å². The topological polar surface area (TPSA) is 63.1 Å². The normalized spacial score (nSPS) is 20.2. The number of halogens is 1. The molecule has 19 heavy (non-hydrogen) atoms. The SMILES string of the molecule is C[C@@H]1COCCN1c1cc(=O)c2c([nH]1)c(Br)nn2C. The minimum absolute atomic E-state index is 0.0249. The number of fused-ring (bicyclic) bond motifs is 1. The third-order valence-electron chi connectivity index (χ3n) is 3.44. The molecule has 102 valence electrons. The van der Waals surface area contributed by atoms with Gasteiger partial charge in [0.2, 0.25) is 5.43 Å². The van der Waals surface area contributed by atoms with Gasteiger partial charge < -0.3 is 14.6 Å². The number of pyridine rings is 1. The van der Waals surface area contributed by atoms with E-state index in [4.69, 9.17) is 4.74 Å². The molecule has 0 unspecified atom stereocenters. The van der Waals surface area contributed by atoms with Gasteiger partial charge in [0, 0.05) is 19.7 Å². The van der Waals surface area contributed by atoms with Crippen molar-refractivity contribution in [3.05, 3.63) is 20.9 Å². The molecular formula is C12H15BrN4O2. The Bertz CT molecular complexity index is 678. The summed E-state index contributed by atoms with van der Waals surface area (Å²) in [7, 11) is 1.76. The molecule has 1 fully saturated rings. The van der Waals surface area contributed by atoms with E-state index in [2.05, 4.69) is 37.8 Å². The Kier molecular flexibility index (Phi) is 3.10. The van der Waals surface area contributed by atoms with Crippen LogP contribution >= 0.6 is 15.9 Å². The van der Waals surface area contributed by atoms with Crippen LogP contribution in [0.1, 0.15) is 6.92 Å². The second kappa shape index (κ2) is 4.64. The van der Waals surface area contributed by atoms with Crippen LogP contribution in [0.3, 0.4) is 0 Å². The minimum Gasteiger partial charge on any atom is -0.377 e. The highest BCUT2D eigenvalue weighted by atomic mass is 79.9. The summed E-state index contributed by atoms with van der Waals surface area (Å²) in [5.74, 6) is 0.821. The standard InChI is InChI=1S/C12H15BrN4O2/c1-7-6-19-4-3-17(7)9-5-8(18)11-10(14-9)12(13)15-16(11)2/h5,7H,3-4,6H2,1-2H3,(H,14,18)/t7-/m1/s1. The van der Waals surface area contributed by atoms with Crippen LogP contribution in [0, 0.1) is 0 Å². The predicted molar refractivity (Wildman–Crippen MR) is 76.7 cm³/mol. The van der Waals surface area contributed by atoms with Crippen LogP contribution in [0.25, 0.3) is 11.0 Å². The van der Waals surface area contributed by atoms with Crippen molar-refractivity contribution in [2.45, 2.75) is 13.0 Å². The average molecular weight is 327 g/mol. The van der Waals surface area contributed by atoms with Crippen molar-refractivity contribution in [3.63, 3.8) is 0 Å². The first kappa shape index (κ1) is 12.7. The number of nitrogens with one attached hydrogen (secondary N) is 1. The van der Waals surface area contributed by atoms with E-state index in [9.17, 15) is 4.79 Å². The Balaban J connectivity index is 2.15. The van der Waals surface area contributed by atoms with E-state index in [1.807, 2.05) is 0 Å². The summed E-state index contributed by atoms with van der Waals surface area (Å²) in [4.78, 5) is 17.7. The van der Waals surface area contributed by atoms with Gasteiger partial charge in [0.1, 0.15) is 16.9 Å². The largest absolute Gasteiger partial charge is 0.377 e. The van der Waals surface area contributed by atoms with Gasteiger partial charge in [0.25, 0.3) is 0 Å². The molecule has 3 rings (SSSR count). The number of ether oxygens (including phenoxy) is 1. The lowest BCUT2D eigenvalue weighted by Crippen LogP contribution is -2.44. The summed E-state index contributed by atoms with van der Waals surface area (Å²) in [6, 6.07) is 1.88. The molecule has 0 radical (unpaired) electrons. The maximum atomic E-state index is 12.2. The lowest BCUT2D eigenvalue weighted by Gasteiger charge is -2.34. The first-order chi connectivity index (χ1) is 9.08. The lowest BCUT2D eigenvalue weighted by atomic mass is 10.2. The molecule has 1 saturated heterocycles. The molecule has 0 saturated carbocycles. The Morgan fingerprint density at radius 1 is 1.58 bits per heavy atom. The van der Waals surface area contributed by atoms with Crippen LogP contribution in [0.2, 0.25) is 0 Å². The Morgan fingerprint density at radius 3 is 3.11 bits per heavy atom. The molecule has 0 amide bonds. The van der Waals surface area contributed by atoms with Crippen LogP contribution < -0.4 is 10.3 Å². The van der Waals surface area contributed by atoms with E-state index < -0.39 is 0 Å². The number of morpholine rings is 1. The van der Waals surface area contributed by atoms with Gasteiger partial charge in [-0.25, -0.2) is 0 Å². The van der Waals surface area contributed by atoms with Crippen molar-refractivity contribution in [2.75, 3.05) is 24.7 Å². The number of hydrogen-bond acceptors (Lipinski definition) is 4. The van der Waals surface area contributed by atoms with E-state index in [1.165, 1.54) is 0 Å². The third kappa shape index (κ3) is 2.06. The van der Waals surface area contributed by atoms with Gasteiger partial charge >= 0.3 is 0 Å². The van der Waals surface area contributed by atoms with Crippen molar-refractivity contribution in [1.82, 2.24) is 14.8 Å². The van der Waals surface area contributed by atoms with Crippen molar-refractivity contribution in [2.24, 2.45) is 7.05 Å². The van der Waals surface area contributed by atoms with Crippen molar-refractivity contribution < 1.29 is 4.74 Å². The molecule has 0 aliphatic carbocycles. The fraction of sp³-hybridized carbons (Fsp3) is 0.500. The number of rotatable bonds is 1. The quantitative estimate of drug-likeness (QED) is 0.856. The van der Waals surface area contributed by atoms with Gasteiger partial charge in [-0.1, -0.05) is 0 Å². The van der Waals surface area contributed by atoms with Crippen molar-refractivity contribution >= 4 is 32.8 Å². The molecule has 1 atom stereocenters. The maximum Gasteiger partial charge on any atom is 0.209 e. The number of aryl methyl sites for hydroxylation is 1. The van der Waals surface area contributed by atoms with Gasteiger partial charge in [0.05, 0.1) is 19.3 Å². The van der Waals surface area contributed by atoms with Crippen LogP contribution in [0.4, 0.5) is 5.82 Å². The number of H-pyrrole nitrogens is 1. The molecule has 0 aromatic carbocycles. The molecule has 2 aromatic heterocycles. The molecule has 0 spiro atoms. The molecule has 0 bridgehead atoms. The van der Waals surface area contributed by atoms with E-state index in [0.717, 1.165) is 17.9 Å². The average Bonchev–Trinajstić information content (AvgIpc) is 2.65. The zero-order valence-corrected chi connectivity index (χ0v) is 12.4. The van der Waals surface area contributed by atoms with Crippen molar-refractivity contribution in [1.29, 1.82) is 0 Å². The molecule has 2 aromatic rings. The van der Waals surface area contributed by atoms with Crippen LogP contribution in [-0.2, 0) is 11.8 Å². The van der Waals surface area contributed by atoms with Crippen molar-refractivity contribution in [3.8, 4) is 0 Å². The predicted octanol–water partition coefficient (Wildman–Crippen LogP) is 1.25. The number of aromatic amines is 1. The van der Waals surface area contributed by atoms with Crippen LogP contribution in [0.5, 0.6) is 0 Å². The van der Waals surface area contributed by atoms with Gasteiger partial charge in [-0.05, 0) is 22.9 Å². The van der Waals surface area contributed by atoms with Crippen LogP contribution in [0.15, 0.2) is 15.5 Å². The molecule has 6 nitrogen and oxygen atoms in total. The lowest BCUT2D eigenvalue weighted by molar-refractivity contribution is 0.0985. The summed E-state index contributed by atoms with van der Waals surface area (Å²) in [6.45, 7) is 4.22. The smallest absolute Gasteiger partial charge is 0.209 e. The second-order valence-electron chi connectivity index (χ2n) is 4.77. The van der Waals surface area contributed by atoms with Gasteiger partial charge in [-0.2, -0.15) is 5.10 Å². The Hall–Kier alpha value is -1.34. The zero-order valence-electron chi connectivity index (χ0n) is 10.8. The summed E-state index contributed by atoms with van der Waals surface area (Å²) in [6.07, 6.45) is 0. The highest BCUT2D eigenvalue weighted by Crippen LogP contribution is 2.23.